The number of carbonyl (C=O) groups is 2. The van der Waals surface area contributed by atoms with Crippen molar-refractivity contribution in [2.45, 2.75) is 96.8 Å². The van der Waals surface area contributed by atoms with Crippen LogP contribution in [-0.2, 0) is 16.0 Å². The number of fused-ring (bicyclic) bond motifs is 1. The van der Waals surface area contributed by atoms with Gasteiger partial charge in [-0.1, -0.05) is 57.9 Å². The van der Waals surface area contributed by atoms with Gasteiger partial charge in [-0.3, -0.25) is 9.59 Å². The fourth-order valence-corrected chi connectivity index (χ4v) is 4.08. The summed E-state index contributed by atoms with van der Waals surface area (Å²) in [5.41, 5.74) is 2.09. The molecular weight excluding hydrogens is 412 g/mol. The van der Waals surface area contributed by atoms with Crippen molar-refractivity contribution in [1.29, 1.82) is 0 Å². The van der Waals surface area contributed by atoms with Crippen LogP contribution in [0.25, 0.3) is 10.9 Å². The maximum Gasteiger partial charge on any atom is 0.220 e. The number of phenols is 1. The zero-order valence-corrected chi connectivity index (χ0v) is 20.3. The maximum absolute atomic E-state index is 12.1. The first-order valence-corrected chi connectivity index (χ1v) is 12.8. The molecule has 0 aliphatic carbocycles. The lowest BCUT2D eigenvalue weighted by Crippen LogP contribution is -2.25. The van der Waals surface area contributed by atoms with Crippen LogP contribution in [0.2, 0.25) is 0 Å². The van der Waals surface area contributed by atoms with E-state index in [1.807, 2.05) is 18.3 Å². The number of amides is 1. The summed E-state index contributed by atoms with van der Waals surface area (Å²) in [6, 6.07) is 5.27. The second kappa shape index (κ2) is 16.1. The van der Waals surface area contributed by atoms with Crippen molar-refractivity contribution in [2.24, 2.45) is 0 Å². The number of H-pyrrole nitrogens is 1. The number of rotatable bonds is 18. The van der Waals surface area contributed by atoms with Crippen molar-refractivity contribution in [1.82, 2.24) is 10.3 Å². The lowest BCUT2D eigenvalue weighted by atomic mass is 10.1. The number of allylic oxidation sites excluding steroid dienone is 2. The third-order valence-corrected chi connectivity index (χ3v) is 6.07. The van der Waals surface area contributed by atoms with E-state index in [0.717, 1.165) is 61.4 Å². The third kappa shape index (κ3) is 11.2. The van der Waals surface area contributed by atoms with Crippen LogP contribution in [0.5, 0.6) is 5.75 Å². The number of aromatic amines is 1. The zero-order valence-electron chi connectivity index (χ0n) is 20.3. The number of phenolic OH excluding ortho intramolecular Hbond substituents is 1. The molecule has 1 aromatic heterocycles. The standard InChI is InChI=1S/C28H42N2O3/c1-2-3-4-5-6-8-11-14-24(31)15-12-9-7-10-13-16-28(33)29-20-19-23-22-30-27-18-17-25(32)21-26(23)27/h11,14,17-18,21-22,30,32H,2-10,12-13,15-16,19-20H2,1H3,(H,29,33)/b14-11+. The van der Waals surface area contributed by atoms with Gasteiger partial charge in [0.15, 0.2) is 5.78 Å². The zero-order chi connectivity index (χ0) is 23.7. The predicted molar refractivity (Wildman–Crippen MR) is 137 cm³/mol. The first-order valence-electron chi connectivity index (χ1n) is 12.8. The smallest absolute Gasteiger partial charge is 0.220 e. The highest BCUT2D eigenvalue weighted by molar-refractivity contribution is 5.89. The van der Waals surface area contributed by atoms with E-state index in [9.17, 15) is 14.7 Å². The van der Waals surface area contributed by atoms with Gasteiger partial charge >= 0.3 is 0 Å². The molecule has 5 heteroatoms. The molecule has 1 heterocycles. The summed E-state index contributed by atoms with van der Waals surface area (Å²) in [6.45, 7) is 2.81. The molecule has 5 nitrogen and oxygen atoms in total. The Hall–Kier alpha value is -2.56. The van der Waals surface area contributed by atoms with Crippen molar-refractivity contribution in [3.8, 4) is 5.75 Å². The number of ketones is 1. The monoisotopic (exact) mass is 454 g/mol. The highest BCUT2D eigenvalue weighted by Crippen LogP contribution is 2.23. The normalized spacial score (nSPS) is 11.4. The molecule has 0 atom stereocenters. The average molecular weight is 455 g/mol. The molecule has 0 saturated carbocycles. The van der Waals surface area contributed by atoms with Crippen LogP contribution in [0.3, 0.4) is 0 Å². The lowest BCUT2D eigenvalue weighted by Gasteiger charge is -2.05. The molecule has 0 saturated heterocycles. The van der Waals surface area contributed by atoms with E-state index in [1.165, 1.54) is 32.1 Å². The third-order valence-electron chi connectivity index (χ3n) is 6.07. The van der Waals surface area contributed by atoms with Gasteiger partial charge in [0, 0.05) is 36.5 Å². The molecule has 0 bridgehead atoms. The minimum atomic E-state index is 0.0905. The van der Waals surface area contributed by atoms with Crippen LogP contribution in [0.1, 0.15) is 96.0 Å². The quantitative estimate of drug-likeness (QED) is 0.172. The van der Waals surface area contributed by atoms with Gasteiger partial charge in [0.1, 0.15) is 5.75 Å². The van der Waals surface area contributed by atoms with Crippen molar-refractivity contribution in [3.63, 3.8) is 0 Å². The van der Waals surface area contributed by atoms with Crippen molar-refractivity contribution >= 4 is 22.6 Å². The van der Waals surface area contributed by atoms with E-state index in [-0.39, 0.29) is 17.4 Å². The summed E-state index contributed by atoms with van der Waals surface area (Å²) in [7, 11) is 0. The van der Waals surface area contributed by atoms with E-state index in [2.05, 4.69) is 17.2 Å². The SMILES string of the molecule is CCCCCCC/C=C/C(=O)CCCCCCCC(=O)NCCc1c[nH]c2ccc(O)cc12. The molecule has 2 rings (SSSR count). The van der Waals surface area contributed by atoms with Crippen LogP contribution >= 0.6 is 0 Å². The number of unbranched alkanes of at least 4 members (excludes halogenated alkanes) is 9. The minimum absolute atomic E-state index is 0.0905. The molecule has 0 radical (unpaired) electrons. The molecular formula is C28H42N2O3. The summed E-state index contributed by atoms with van der Waals surface area (Å²) in [5.74, 6) is 0.586. The summed E-state index contributed by atoms with van der Waals surface area (Å²) >= 11 is 0. The summed E-state index contributed by atoms with van der Waals surface area (Å²) in [5, 5.41) is 13.6. The number of hydrogen-bond donors (Lipinski definition) is 3. The van der Waals surface area contributed by atoms with Crippen LogP contribution in [0.15, 0.2) is 36.5 Å². The number of aromatic nitrogens is 1. The molecule has 0 unspecified atom stereocenters. The van der Waals surface area contributed by atoms with Crippen LogP contribution in [-0.4, -0.2) is 28.3 Å². The van der Waals surface area contributed by atoms with E-state index in [0.29, 0.717) is 19.4 Å². The molecule has 0 aliphatic heterocycles. The molecule has 1 aromatic carbocycles. The summed E-state index contributed by atoms with van der Waals surface area (Å²) in [4.78, 5) is 27.1. The van der Waals surface area contributed by atoms with E-state index >= 15 is 0 Å². The Bertz CT molecular complexity index is 869. The predicted octanol–water partition coefficient (Wildman–Crippen LogP) is 6.75. The van der Waals surface area contributed by atoms with Gasteiger partial charge in [0.05, 0.1) is 0 Å². The van der Waals surface area contributed by atoms with Gasteiger partial charge in [-0.15, -0.1) is 0 Å². The van der Waals surface area contributed by atoms with Crippen LogP contribution in [0.4, 0.5) is 0 Å². The first-order chi connectivity index (χ1) is 16.1. The number of nitrogens with one attached hydrogen (secondary N) is 2. The van der Waals surface area contributed by atoms with Gasteiger partial charge in [-0.05, 0) is 61.9 Å². The second-order valence-electron chi connectivity index (χ2n) is 8.98. The second-order valence-corrected chi connectivity index (χ2v) is 8.98. The fraction of sp³-hybridized carbons (Fsp3) is 0.571. The molecule has 0 aliphatic rings. The number of aromatic hydroxyl groups is 1. The first kappa shape index (κ1) is 26.7. The molecule has 0 fully saturated rings. The van der Waals surface area contributed by atoms with Gasteiger partial charge < -0.3 is 15.4 Å². The molecule has 2 aromatic rings. The average Bonchev–Trinajstić information content (AvgIpc) is 3.19. The number of benzene rings is 1. The largest absolute Gasteiger partial charge is 0.508 e. The van der Waals surface area contributed by atoms with Gasteiger partial charge in [-0.25, -0.2) is 0 Å². The Labute approximate surface area is 199 Å². The summed E-state index contributed by atoms with van der Waals surface area (Å²) in [6.07, 6.45) is 20.0. The molecule has 182 valence electrons. The molecule has 33 heavy (non-hydrogen) atoms. The van der Waals surface area contributed by atoms with Crippen molar-refractivity contribution < 1.29 is 14.7 Å². The Morgan fingerprint density at radius 1 is 0.970 bits per heavy atom. The van der Waals surface area contributed by atoms with Crippen molar-refractivity contribution in [2.75, 3.05) is 6.54 Å². The Balaban J connectivity index is 1.44. The topological polar surface area (TPSA) is 82.2 Å². The van der Waals surface area contributed by atoms with E-state index in [4.69, 9.17) is 0 Å². The van der Waals surface area contributed by atoms with Crippen LogP contribution < -0.4 is 5.32 Å². The highest BCUT2D eigenvalue weighted by atomic mass is 16.3. The van der Waals surface area contributed by atoms with Gasteiger partial charge in [0.2, 0.25) is 5.91 Å². The Morgan fingerprint density at radius 3 is 2.52 bits per heavy atom. The maximum atomic E-state index is 12.1. The molecule has 0 spiro atoms. The van der Waals surface area contributed by atoms with Crippen LogP contribution in [0, 0.1) is 0 Å². The molecule has 1 amide bonds. The molecule has 3 N–H and O–H groups in total. The number of hydrogen-bond acceptors (Lipinski definition) is 3. The van der Waals surface area contributed by atoms with Gasteiger partial charge in [0.25, 0.3) is 0 Å². The van der Waals surface area contributed by atoms with E-state index < -0.39 is 0 Å². The number of carbonyl (C=O) groups excluding carboxylic acids is 2. The fourth-order valence-electron chi connectivity index (χ4n) is 4.08. The highest BCUT2D eigenvalue weighted by Gasteiger charge is 2.06. The minimum Gasteiger partial charge on any atom is -0.508 e. The van der Waals surface area contributed by atoms with E-state index in [1.54, 1.807) is 18.2 Å². The Kier molecular flexibility index (Phi) is 13.0. The van der Waals surface area contributed by atoms with Crippen molar-refractivity contribution in [3.05, 3.63) is 42.1 Å². The summed E-state index contributed by atoms with van der Waals surface area (Å²) < 4.78 is 0. The Morgan fingerprint density at radius 2 is 1.70 bits per heavy atom. The lowest BCUT2D eigenvalue weighted by molar-refractivity contribution is -0.121. The van der Waals surface area contributed by atoms with Gasteiger partial charge in [-0.2, -0.15) is 0 Å².